The molecule has 0 aromatic carbocycles. The third-order valence-corrected chi connectivity index (χ3v) is 6.58. The van der Waals surface area contributed by atoms with Gasteiger partial charge in [0.25, 0.3) is 0 Å². The van der Waals surface area contributed by atoms with Crippen molar-refractivity contribution in [1.82, 2.24) is 19.5 Å². The van der Waals surface area contributed by atoms with Crippen molar-refractivity contribution in [1.29, 1.82) is 0 Å². The van der Waals surface area contributed by atoms with E-state index < -0.39 is 36.5 Å². The van der Waals surface area contributed by atoms with Crippen molar-refractivity contribution in [2.24, 2.45) is 11.5 Å². The number of nitrogens with zero attached hydrogens (tertiary/aromatic N) is 4. The van der Waals surface area contributed by atoms with Crippen LogP contribution in [0.2, 0.25) is 10.6 Å². The number of ether oxygens (including phenoxy) is 1. The maximum absolute atomic E-state index is 10.9. The molecule has 1 aliphatic heterocycles. The molecule has 0 spiro atoms. The van der Waals surface area contributed by atoms with Gasteiger partial charge < -0.3 is 0 Å². The van der Waals surface area contributed by atoms with E-state index in [0.717, 1.165) is 0 Å². The van der Waals surface area contributed by atoms with Gasteiger partial charge >= 0.3 is 160 Å². The Kier molecular flexibility index (Phi) is 5.79. The van der Waals surface area contributed by atoms with E-state index in [-0.39, 0.29) is 26.7 Å². The minimum atomic E-state index is -1.17. The zero-order chi connectivity index (χ0) is 19.7. The van der Waals surface area contributed by atoms with Crippen LogP contribution in [0.4, 0.5) is 11.8 Å². The Morgan fingerprint density at radius 3 is 2.78 bits per heavy atom. The molecule has 1 saturated heterocycles. The van der Waals surface area contributed by atoms with Gasteiger partial charge in [-0.3, -0.25) is 0 Å². The number of amides is 1. The molecule has 1 amide bonds. The fourth-order valence-corrected chi connectivity index (χ4v) is 5.09. The van der Waals surface area contributed by atoms with Crippen LogP contribution >= 0.6 is 0 Å². The second kappa shape index (κ2) is 7.92. The zero-order valence-corrected chi connectivity index (χ0v) is 16.0. The molecule has 0 radical (unpaired) electrons. The number of hydrogen-bond donors (Lipinski definition) is 6. The van der Waals surface area contributed by atoms with Crippen LogP contribution in [-0.2, 0) is 9.53 Å². The molecule has 13 heteroatoms. The van der Waals surface area contributed by atoms with Crippen molar-refractivity contribution in [3.8, 4) is 0 Å². The van der Waals surface area contributed by atoms with E-state index in [0.29, 0.717) is 28.2 Å². The quantitative estimate of drug-likeness (QED) is 0.192. The Bertz CT molecular complexity index is 833. The number of nitrogens with two attached hydrogens (primary N) is 4. The van der Waals surface area contributed by atoms with Crippen LogP contribution < -0.4 is 22.9 Å². The number of aromatic nitrogens is 4. The molecule has 10 N–H and O–H groups in total. The number of imidazole rings is 1. The topological polar surface area (TPSA) is 214 Å². The molecule has 148 valence electrons. The molecule has 1 aliphatic rings. The molecule has 0 bridgehead atoms. The van der Waals surface area contributed by atoms with E-state index in [1.165, 1.54) is 10.9 Å². The number of fused-ring (bicyclic) bond motifs is 1. The molecule has 27 heavy (non-hydrogen) atoms. The molecule has 3 heterocycles. The summed E-state index contributed by atoms with van der Waals surface area (Å²) in [5, 5.41) is 22.0. The number of aliphatic hydroxyl groups is 2. The van der Waals surface area contributed by atoms with Crippen LogP contribution in [0.25, 0.3) is 11.2 Å². The average molecular weight is 445 g/mol. The Labute approximate surface area is 160 Å². The van der Waals surface area contributed by atoms with Crippen LogP contribution in [0.5, 0.6) is 0 Å². The van der Waals surface area contributed by atoms with Crippen molar-refractivity contribution < 1.29 is 19.7 Å². The molecule has 3 rings (SSSR count). The van der Waals surface area contributed by atoms with Gasteiger partial charge in [-0.1, -0.05) is 0 Å². The average Bonchev–Trinajstić information content (AvgIpc) is 3.14. The number of nitrogen functional groups attached to an aromatic ring is 2. The summed E-state index contributed by atoms with van der Waals surface area (Å²) >= 11 is 0.0569. The fourth-order valence-electron chi connectivity index (χ4n) is 2.79. The summed E-state index contributed by atoms with van der Waals surface area (Å²) in [5.74, 6) is -0.443. The number of hydrogen-bond acceptors (Lipinski definition) is 10. The van der Waals surface area contributed by atoms with Gasteiger partial charge in [-0.25, -0.2) is 0 Å². The van der Waals surface area contributed by atoms with Gasteiger partial charge in [-0.2, -0.15) is 0 Å². The molecule has 1 fully saturated rings. The summed E-state index contributed by atoms with van der Waals surface area (Å²) < 4.78 is 7.33. The van der Waals surface area contributed by atoms with E-state index in [1.54, 1.807) is 0 Å². The first-order valence-electron chi connectivity index (χ1n) is 8.19. The first kappa shape index (κ1) is 19.7. The predicted molar refractivity (Wildman–Crippen MR) is 97.2 cm³/mol. The third-order valence-electron chi connectivity index (χ3n) is 4.30. The van der Waals surface area contributed by atoms with Crippen LogP contribution in [0.1, 0.15) is 12.6 Å². The van der Waals surface area contributed by atoms with E-state index in [2.05, 4.69) is 15.0 Å². The van der Waals surface area contributed by atoms with Crippen LogP contribution in [-0.4, -0.2) is 74.9 Å². The van der Waals surface area contributed by atoms with Gasteiger partial charge in [0.15, 0.2) is 0 Å². The monoisotopic (exact) mass is 446 g/mol. The molecule has 0 unspecified atom stereocenters. The van der Waals surface area contributed by atoms with E-state index in [1.807, 2.05) is 0 Å². The van der Waals surface area contributed by atoms with E-state index >= 15 is 0 Å². The van der Waals surface area contributed by atoms with Crippen LogP contribution in [0, 0.1) is 0 Å². The Morgan fingerprint density at radius 2 is 2.07 bits per heavy atom. The molecule has 2 aromatic rings. The SMILES string of the molecule is NC(=O)[C@@H](N)CC[Se]C[C@H]1O[C@@H](n2cnc3c(N)nc(N)nc32)[C@H](O)[C@@H]1O. The molecule has 2 aromatic heterocycles. The Morgan fingerprint density at radius 1 is 1.33 bits per heavy atom. The number of aliphatic hydroxyl groups excluding tert-OH is 2. The van der Waals surface area contributed by atoms with Crippen molar-refractivity contribution in [3.05, 3.63) is 6.33 Å². The predicted octanol–water partition coefficient (Wildman–Crippen LogP) is -2.65. The van der Waals surface area contributed by atoms with E-state index in [4.69, 9.17) is 27.7 Å². The van der Waals surface area contributed by atoms with Crippen molar-refractivity contribution in [3.63, 3.8) is 0 Å². The standard InChI is InChI=1S/C14H22N8O4Se/c15-5(11(17)25)1-2-27-3-6-8(23)9(24)13(26-6)22-4-19-7-10(16)20-14(18)21-12(7)22/h4-6,8-9,13,23-24H,1-3,15H2,(H2,17,25)(H4,16,18,20,21)/t5-,6+,8+,9+,13+/m0/s1. The molecular weight excluding hydrogens is 423 g/mol. The Balaban J connectivity index is 1.68. The van der Waals surface area contributed by atoms with Gasteiger partial charge in [0.2, 0.25) is 0 Å². The second-order valence-corrected chi connectivity index (χ2v) is 8.62. The summed E-state index contributed by atoms with van der Waals surface area (Å²) in [5.41, 5.74) is 22.8. The summed E-state index contributed by atoms with van der Waals surface area (Å²) in [6.07, 6.45) is -1.80. The van der Waals surface area contributed by atoms with Crippen LogP contribution in [0.15, 0.2) is 6.33 Å². The second-order valence-electron chi connectivity index (χ2n) is 6.21. The number of rotatable bonds is 7. The van der Waals surface area contributed by atoms with Gasteiger partial charge in [0, 0.05) is 0 Å². The molecule has 0 saturated carbocycles. The zero-order valence-electron chi connectivity index (χ0n) is 14.3. The number of carbonyl (C=O) groups is 1. The van der Waals surface area contributed by atoms with E-state index in [9.17, 15) is 15.0 Å². The first-order chi connectivity index (χ1) is 12.8. The fraction of sp³-hybridized carbons (Fsp3) is 0.571. The summed E-state index contributed by atoms with van der Waals surface area (Å²) in [6.45, 7) is 0. The minimum absolute atomic E-state index is 0.0274. The van der Waals surface area contributed by atoms with Gasteiger partial charge in [-0.05, 0) is 0 Å². The normalized spacial score (nSPS) is 26.5. The molecule has 5 atom stereocenters. The van der Waals surface area contributed by atoms with Crippen molar-refractivity contribution >= 4 is 43.8 Å². The van der Waals surface area contributed by atoms with Gasteiger partial charge in [-0.15, -0.1) is 0 Å². The maximum atomic E-state index is 10.9. The van der Waals surface area contributed by atoms with Gasteiger partial charge in [0.05, 0.1) is 0 Å². The third kappa shape index (κ3) is 3.98. The number of carbonyl (C=O) groups excluding carboxylic acids is 1. The summed E-state index contributed by atoms with van der Waals surface area (Å²) in [4.78, 5) is 23.0. The number of primary amides is 1. The summed E-state index contributed by atoms with van der Waals surface area (Å²) in [6, 6.07) is -0.674. The molecule has 12 nitrogen and oxygen atoms in total. The van der Waals surface area contributed by atoms with Crippen molar-refractivity contribution in [2.45, 2.75) is 47.6 Å². The molecule has 0 aliphatic carbocycles. The molecular formula is C14H22N8O4Se. The summed E-state index contributed by atoms with van der Waals surface area (Å²) in [7, 11) is 0. The van der Waals surface area contributed by atoms with Crippen molar-refractivity contribution in [2.75, 3.05) is 11.5 Å². The van der Waals surface area contributed by atoms with Crippen LogP contribution in [0.3, 0.4) is 0 Å². The number of anilines is 2. The Hall–Kier alpha value is -2.02. The first-order valence-corrected chi connectivity index (χ1v) is 10.6. The van der Waals surface area contributed by atoms with Gasteiger partial charge in [0.1, 0.15) is 0 Å².